The molecule has 11 heavy (non-hydrogen) atoms. The lowest BCUT2D eigenvalue weighted by Crippen LogP contribution is -1.79. The minimum atomic E-state index is 0.862. The summed E-state index contributed by atoms with van der Waals surface area (Å²) in [4.78, 5) is 0. The summed E-state index contributed by atoms with van der Waals surface area (Å²) in [6.45, 7) is 5.91. The van der Waals surface area contributed by atoms with E-state index >= 15 is 0 Å². The van der Waals surface area contributed by atoms with E-state index in [1.165, 1.54) is 11.1 Å². The van der Waals surface area contributed by atoms with Gasteiger partial charge in [0.05, 0.1) is 0 Å². The molecular weight excluding hydrogens is 132 g/mol. The molecule has 0 unspecified atom stereocenters. The normalized spacial score (nSPS) is 11.6. The highest BCUT2D eigenvalue weighted by Gasteiger charge is 1.93. The third-order valence-electron chi connectivity index (χ3n) is 1.76. The molecular formula is C11H13. The maximum absolute atomic E-state index is 3.86. The van der Waals surface area contributed by atoms with E-state index in [1.807, 2.05) is 13.0 Å². The predicted molar refractivity (Wildman–Crippen MR) is 50.1 cm³/mol. The molecule has 0 heteroatoms. The van der Waals surface area contributed by atoms with Gasteiger partial charge in [0.15, 0.2) is 0 Å². The molecule has 1 aromatic rings. The highest BCUT2D eigenvalue weighted by Crippen LogP contribution is 2.16. The van der Waals surface area contributed by atoms with Gasteiger partial charge < -0.3 is 0 Å². The minimum Gasteiger partial charge on any atom is -0.0838 e. The first-order chi connectivity index (χ1) is 5.38. The molecule has 57 valence electrons. The van der Waals surface area contributed by atoms with Crippen LogP contribution in [0.1, 0.15) is 18.9 Å². The molecule has 0 aliphatic rings. The number of hydrogen-bond acceptors (Lipinski definition) is 0. The highest BCUT2D eigenvalue weighted by molar-refractivity contribution is 5.65. The third kappa shape index (κ3) is 1.94. The second-order valence-corrected chi connectivity index (χ2v) is 2.43. The molecule has 0 aromatic heterocycles. The van der Waals surface area contributed by atoms with Crippen LogP contribution >= 0.6 is 0 Å². The van der Waals surface area contributed by atoms with Crippen LogP contribution in [0.4, 0.5) is 0 Å². The molecule has 1 rings (SSSR count). The average Bonchev–Trinajstić information content (AvgIpc) is 2.09. The fraction of sp³-hybridized carbons (Fsp3) is 0.182. The van der Waals surface area contributed by atoms with Crippen molar-refractivity contribution in [2.75, 3.05) is 0 Å². The van der Waals surface area contributed by atoms with Gasteiger partial charge in [0.2, 0.25) is 0 Å². The van der Waals surface area contributed by atoms with Gasteiger partial charge in [-0.25, -0.2) is 0 Å². The Morgan fingerprint density at radius 1 is 1.36 bits per heavy atom. The zero-order chi connectivity index (χ0) is 8.10. The first-order valence-corrected chi connectivity index (χ1v) is 3.88. The minimum absolute atomic E-state index is 0.862. The van der Waals surface area contributed by atoms with E-state index in [4.69, 9.17) is 0 Å². The van der Waals surface area contributed by atoms with Crippen molar-refractivity contribution in [2.24, 2.45) is 0 Å². The van der Waals surface area contributed by atoms with Gasteiger partial charge in [0.1, 0.15) is 0 Å². The smallest absolute Gasteiger partial charge is 0.0228 e. The van der Waals surface area contributed by atoms with Crippen molar-refractivity contribution < 1.29 is 0 Å². The van der Waals surface area contributed by atoms with Crippen molar-refractivity contribution in [3.63, 3.8) is 0 Å². The SMILES string of the molecule is [CH2]C/C(=C/C)c1ccccc1. The second kappa shape index (κ2) is 3.97. The Kier molecular flexibility index (Phi) is 2.91. The molecule has 0 bridgehead atoms. The van der Waals surface area contributed by atoms with Gasteiger partial charge in [-0.15, -0.1) is 0 Å². The molecule has 0 heterocycles. The molecule has 0 aliphatic heterocycles. The van der Waals surface area contributed by atoms with Gasteiger partial charge in [0.25, 0.3) is 0 Å². The van der Waals surface area contributed by atoms with Crippen LogP contribution in [0.5, 0.6) is 0 Å². The summed E-state index contributed by atoms with van der Waals surface area (Å²) in [6, 6.07) is 10.4. The summed E-state index contributed by atoms with van der Waals surface area (Å²) < 4.78 is 0. The Morgan fingerprint density at radius 2 is 2.00 bits per heavy atom. The molecule has 0 N–H and O–H groups in total. The van der Waals surface area contributed by atoms with E-state index in [2.05, 4.69) is 37.3 Å². The van der Waals surface area contributed by atoms with Crippen LogP contribution < -0.4 is 0 Å². The maximum Gasteiger partial charge on any atom is -0.0228 e. The number of hydrogen-bond donors (Lipinski definition) is 0. The lowest BCUT2D eigenvalue weighted by Gasteiger charge is -2.01. The quantitative estimate of drug-likeness (QED) is 0.599. The second-order valence-electron chi connectivity index (χ2n) is 2.43. The maximum atomic E-state index is 3.86. The Hall–Kier alpha value is -1.04. The number of benzene rings is 1. The van der Waals surface area contributed by atoms with Crippen LogP contribution in [0.3, 0.4) is 0 Å². The Bertz CT molecular complexity index is 231. The predicted octanol–water partition coefficient (Wildman–Crippen LogP) is 3.31. The Balaban J connectivity index is 2.92. The van der Waals surface area contributed by atoms with Gasteiger partial charge in [-0.05, 0) is 31.4 Å². The largest absolute Gasteiger partial charge is 0.0838 e. The molecule has 0 fully saturated rings. The molecule has 0 nitrogen and oxygen atoms in total. The van der Waals surface area contributed by atoms with E-state index < -0.39 is 0 Å². The van der Waals surface area contributed by atoms with Gasteiger partial charge in [-0.1, -0.05) is 36.4 Å². The van der Waals surface area contributed by atoms with E-state index in [9.17, 15) is 0 Å². The molecule has 0 atom stereocenters. The molecule has 1 radical (unpaired) electrons. The molecule has 0 amide bonds. The fourth-order valence-electron chi connectivity index (χ4n) is 1.11. The first-order valence-electron chi connectivity index (χ1n) is 3.88. The Labute approximate surface area is 68.6 Å². The van der Waals surface area contributed by atoms with E-state index in [-0.39, 0.29) is 0 Å². The number of allylic oxidation sites excluding steroid dienone is 2. The summed E-state index contributed by atoms with van der Waals surface area (Å²) in [5.41, 5.74) is 2.59. The lowest BCUT2D eigenvalue weighted by molar-refractivity contribution is 1.38. The van der Waals surface area contributed by atoms with Crippen LogP contribution in [0.15, 0.2) is 36.4 Å². The van der Waals surface area contributed by atoms with Crippen molar-refractivity contribution in [1.82, 2.24) is 0 Å². The lowest BCUT2D eigenvalue weighted by atomic mass is 10.0. The van der Waals surface area contributed by atoms with Gasteiger partial charge in [0, 0.05) is 0 Å². The zero-order valence-corrected chi connectivity index (χ0v) is 6.88. The Morgan fingerprint density at radius 3 is 2.45 bits per heavy atom. The molecule has 0 aliphatic carbocycles. The highest BCUT2D eigenvalue weighted by atomic mass is 14.0. The standard InChI is InChI=1S/C11H13/c1-3-10(4-2)11-8-6-5-7-9-11/h4-9H,1,3H2,2H3/b10-4-. The van der Waals surface area contributed by atoms with Crippen molar-refractivity contribution >= 4 is 5.57 Å². The third-order valence-corrected chi connectivity index (χ3v) is 1.76. The van der Waals surface area contributed by atoms with Crippen molar-refractivity contribution in [3.05, 3.63) is 48.9 Å². The van der Waals surface area contributed by atoms with Crippen molar-refractivity contribution in [2.45, 2.75) is 13.3 Å². The summed E-state index contributed by atoms with van der Waals surface area (Å²) in [6.07, 6.45) is 2.98. The monoisotopic (exact) mass is 145 g/mol. The van der Waals surface area contributed by atoms with Crippen LogP contribution in [-0.4, -0.2) is 0 Å². The summed E-state index contributed by atoms with van der Waals surface area (Å²) in [5, 5.41) is 0. The van der Waals surface area contributed by atoms with Gasteiger partial charge in [-0.3, -0.25) is 0 Å². The summed E-state index contributed by atoms with van der Waals surface area (Å²) >= 11 is 0. The van der Waals surface area contributed by atoms with E-state index in [0.29, 0.717) is 0 Å². The summed E-state index contributed by atoms with van der Waals surface area (Å²) in [5.74, 6) is 0. The van der Waals surface area contributed by atoms with Gasteiger partial charge >= 0.3 is 0 Å². The molecule has 0 spiro atoms. The van der Waals surface area contributed by atoms with Crippen LogP contribution in [-0.2, 0) is 0 Å². The molecule has 0 saturated carbocycles. The average molecular weight is 145 g/mol. The summed E-state index contributed by atoms with van der Waals surface area (Å²) in [7, 11) is 0. The van der Waals surface area contributed by atoms with Crippen molar-refractivity contribution in [3.8, 4) is 0 Å². The van der Waals surface area contributed by atoms with Crippen LogP contribution in [0.2, 0.25) is 0 Å². The van der Waals surface area contributed by atoms with E-state index in [1.54, 1.807) is 0 Å². The fourth-order valence-corrected chi connectivity index (χ4v) is 1.11. The van der Waals surface area contributed by atoms with E-state index in [0.717, 1.165) is 6.42 Å². The zero-order valence-electron chi connectivity index (χ0n) is 6.88. The molecule has 0 saturated heterocycles. The van der Waals surface area contributed by atoms with Crippen LogP contribution in [0.25, 0.3) is 5.57 Å². The molecule has 1 aromatic carbocycles. The van der Waals surface area contributed by atoms with Crippen molar-refractivity contribution in [1.29, 1.82) is 0 Å². The van der Waals surface area contributed by atoms with Crippen LogP contribution in [0, 0.1) is 6.92 Å². The van der Waals surface area contributed by atoms with Gasteiger partial charge in [-0.2, -0.15) is 0 Å². The number of rotatable bonds is 2. The first kappa shape index (κ1) is 8.06. The topological polar surface area (TPSA) is 0 Å².